The first-order valence-corrected chi connectivity index (χ1v) is 11.2. The molecule has 0 unspecified atom stereocenters. The van der Waals surface area contributed by atoms with Gasteiger partial charge in [0.25, 0.3) is 0 Å². The number of esters is 1. The summed E-state index contributed by atoms with van der Waals surface area (Å²) in [5.74, 6) is 1.42. The fourth-order valence-corrected chi connectivity index (χ4v) is 5.02. The van der Waals surface area contributed by atoms with Crippen molar-refractivity contribution in [3.63, 3.8) is 0 Å². The highest BCUT2D eigenvalue weighted by Crippen LogP contribution is 2.48. The summed E-state index contributed by atoms with van der Waals surface area (Å²) in [5.41, 5.74) is 1.60. The summed E-state index contributed by atoms with van der Waals surface area (Å²) >= 11 is 7.83. The van der Waals surface area contributed by atoms with Crippen LogP contribution in [0.5, 0.6) is 0 Å². The van der Waals surface area contributed by atoms with E-state index in [2.05, 4.69) is 4.98 Å². The van der Waals surface area contributed by atoms with E-state index >= 15 is 0 Å². The van der Waals surface area contributed by atoms with Gasteiger partial charge in [-0.1, -0.05) is 41.9 Å². The van der Waals surface area contributed by atoms with Crippen LogP contribution >= 0.6 is 23.4 Å². The molecule has 2 aromatic carbocycles. The molecule has 1 saturated heterocycles. The molecule has 3 aromatic rings. The lowest BCUT2D eigenvalue weighted by molar-refractivity contribution is -0.0463. The Hall–Kier alpha value is -2.28. The summed E-state index contributed by atoms with van der Waals surface area (Å²) in [6.45, 7) is 0.221. The van der Waals surface area contributed by atoms with Gasteiger partial charge in [0.2, 0.25) is 0 Å². The maximum absolute atomic E-state index is 12.3. The molecule has 1 aliphatic heterocycles. The van der Waals surface area contributed by atoms with Crippen LogP contribution in [-0.2, 0) is 27.9 Å². The van der Waals surface area contributed by atoms with E-state index in [0.717, 1.165) is 30.0 Å². The molecular formula is C23H23ClN2O3S. The van der Waals surface area contributed by atoms with Crippen molar-refractivity contribution < 1.29 is 14.3 Å². The zero-order valence-electron chi connectivity index (χ0n) is 16.7. The van der Waals surface area contributed by atoms with E-state index in [9.17, 15) is 4.79 Å². The predicted octanol–water partition coefficient (Wildman–Crippen LogP) is 4.85. The highest BCUT2D eigenvalue weighted by atomic mass is 35.5. The number of carbonyl (C=O) groups excluding carboxylic acids is 1. The number of benzene rings is 2. The van der Waals surface area contributed by atoms with Crippen molar-refractivity contribution >= 4 is 29.3 Å². The van der Waals surface area contributed by atoms with Gasteiger partial charge in [0, 0.05) is 36.6 Å². The van der Waals surface area contributed by atoms with Crippen molar-refractivity contribution in [1.29, 1.82) is 0 Å². The van der Waals surface area contributed by atoms with E-state index in [0.29, 0.717) is 10.6 Å². The maximum atomic E-state index is 12.3. The van der Waals surface area contributed by atoms with Crippen molar-refractivity contribution in [3.8, 4) is 0 Å². The molecule has 1 aliphatic rings. The van der Waals surface area contributed by atoms with E-state index in [1.165, 1.54) is 0 Å². The van der Waals surface area contributed by atoms with Crippen LogP contribution in [0.3, 0.4) is 0 Å². The smallest absolute Gasteiger partial charge is 0.338 e. The molecule has 30 heavy (non-hydrogen) atoms. The summed E-state index contributed by atoms with van der Waals surface area (Å²) < 4.78 is 14.0. The normalized spacial score (nSPS) is 20.9. The van der Waals surface area contributed by atoms with Crippen LogP contribution in [0.25, 0.3) is 0 Å². The molecule has 0 amide bonds. The number of aromatic nitrogens is 2. The van der Waals surface area contributed by atoms with E-state index in [1.807, 2.05) is 60.3 Å². The quantitative estimate of drug-likeness (QED) is 0.489. The summed E-state index contributed by atoms with van der Waals surface area (Å²) in [4.78, 5) is 16.2. The Morgan fingerprint density at radius 2 is 2.03 bits per heavy atom. The average Bonchev–Trinajstić information content (AvgIpc) is 3.38. The highest BCUT2D eigenvalue weighted by Gasteiger charge is 2.43. The fourth-order valence-electron chi connectivity index (χ4n) is 3.52. The number of ether oxygens (including phenoxy) is 2. The molecule has 1 aromatic heterocycles. The second-order valence-corrected chi connectivity index (χ2v) is 8.95. The lowest BCUT2D eigenvalue weighted by Crippen LogP contribution is -2.28. The van der Waals surface area contributed by atoms with Crippen LogP contribution in [0.1, 0.15) is 28.2 Å². The van der Waals surface area contributed by atoms with Crippen LogP contribution < -0.4 is 0 Å². The summed E-state index contributed by atoms with van der Waals surface area (Å²) in [6.07, 6.45) is 5.10. The van der Waals surface area contributed by atoms with Gasteiger partial charge in [-0.25, -0.2) is 9.78 Å². The minimum absolute atomic E-state index is 0.181. The van der Waals surface area contributed by atoms with Crippen LogP contribution in [-0.4, -0.2) is 34.0 Å². The molecule has 4 rings (SSSR count). The Bertz CT molecular complexity index is 993. The number of carbonyl (C=O) groups is 1. The zero-order chi connectivity index (χ0) is 21.0. The first kappa shape index (κ1) is 21.0. The summed E-state index contributed by atoms with van der Waals surface area (Å²) in [7, 11) is 1.99. The third kappa shape index (κ3) is 4.72. The molecule has 0 radical (unpaired) electrons. The summed E-state index contributed by atoms with van der Waals surface area (Å²) in [5, 5.41) is 0.689. The standard InChI is InChI=1S/C23H23ClN2O3S/c1-26-14-13-25-21(26)11-12-23(18-7-9-19(24)10-8-18)29-20(16-30-23)15-28-22(27)17-5-3-2-4-6-17/h2-10,13-14,20H,11-12,15-16H2,1H3/t20-,23+/m0/s1. The second-order valence-electron chi connectivity index (χ2n) is 7.23. The SMILES string of the molecule is Cn1ccnc1CC[C@@]1(c2ccc(Cl)cc2)O[C@@H](COC(=O)c2ccccc2)CS1. The third-order valence-electron chi connectivity index (χ3n) is 5.15. The van der Waals surface area contributed by atoms with E-state index in [4.69, 9.17) is 21.1 Å². The number of hydrogen-bond acceptors (Lipinski definition) is 5. The van der Waals surface area contributed by atoms with Crippen molar-refractivity contribution in [3.05, 3.63) is 89.0 Å². The van der Waals surface area contributed by atoms with E-state index in [-0.39, 0.29) is 18.7 Å². The van der Waals surface area contributed by atoms with Gasteiger partial charge in [-0.15, -0.1) is 11.8 Å². The highest BCUT2D eigenvalue weighted by molar-refractivity contribution is 8.00. The zero-order valence-corrected chi connectivity index (χ0v) is 18.2. The van der Waals surface area contributed by atoms with Gasteiger partial charge in [-0.3, -0.25) is 0 Å². The molecule has 5 nitrogen and oxygen atoms in total. The molecule has 1 fully saturated rings. The Morgan fingerprint density at radius 1 is 1.27 bits per heavy atom. The second kappa shape index (κ2) is 9.25. The Morgan fingerprint density at radius 3 is 2.73 bits per heavy atom. The number of aryl methyl sites for hydroxylation is 2. The van der Waals surface area contributed by atoms with E-state index < -0.39 is 4.93 Å². The first-order chi connectivity index (χ1) is 14.6. The van der Waals surface area contributed by atoms with Gasteiger partial charge in [0.05, 0.1) is 5.56 Å². The molecule has 2 heterocycles. The van der Waals surface area contributed by atoms with Crippen molar-refractivity contribution in [2.24, 2.45) is 7.05 Å². The molecule has 0 aliphatic carbocycles. The van der Waals surface area contributed by atoms with Crippen LogP contribution in [0.4, 0.5) is 0 Å². The Balaban J connectivity index is 1.46. The largest absolute Gasteiger partial charge is 0.459 e. The number of nitrogens with zero attached hydrogens (tertiary/aromatic N) is 2. The minimum Gasteiger partial charge on any atom is -0.459 e. The lowest BCUT2D eigenvalue weighted by Gasteiger charge is -2.29. The topological polar surface area (TPSA) is 53.4 Å². The van der Waals surface area contributed by atoms with E-state index in [1.54, 1.807) is 30.1 Å². The molecule has 0 spiro atoms. The fraction of sp³-hybridized carbons (Fsp3) is 0.304. The molecular weight excluding hydrogens is 420 g/mol. The predicted molar refractivity (Wildman–Crippen MR) is 119 cm³/mol. The summed E-state index contributed by atoms with van der Waals surface area (Å²) in [6, 6.07) is 16.8. The first-order valence-electron chi connectivity index (χ1n) is 9.82. The monoisotopic (exact) mass is 442 g/mol. The Labute approximate surface area is 185 Å². The van der Waals surface area contributed by atoms with Crippen LogP contribution in [0, 0.1) is 0 Å². The maximum Gasteiger partial charge on any atom is 0.338 e. The van der Waals surface area contributed by atoms with Crippen molar-refractivity contribution in [1.82, 2.24) is 9.55 Å². The Kier molecular flexibility index (Phi) is 6.46. The molecule has 2 atom stereocenters. The molecule has 7 heteroatoms. The van der Waals surface area contributed by atoms with Gasteiger partial charge >= 0.3 is 5.97 Å². The van der Waals surface area contributed by atoms with Gasteiger partial charge in [0.15, 0.2) is 0 Å². The van der Waals surface area contributed by atoms with Crippen molar-refractivity contribution in [2.75, 3.05) is 12.4 Å². The number of halogens is 1. The number of hydrogen-bond donors (Lipinski definition) is 0. The van der Waals surface area contributed by atoms with Gasteiger partial charge < -0.3 is 14.0 Å². The lowest BCUT2D eigenvalue weighted by atomic mass is 10.0. The number of thioether (sulfide) groups is 1. The molecule has 0 bridgehead atoms. The number of rotatable bonds is 7. The van der Waals surface area contributed by atoms with Gasteiger partial charge in [-0.05, 0) is 36.2 Å². The number of imidazole rings is 1. The van der Waals surface area contributed by atoms with Crippen LogP contribution in [0.15, 0.2) is 67.0 Å². The van der Waals surface area contributed by atoms with Gasteiger partial charge in [0.1, 0.15) is 23.5 Å². The molecule has 156 valence electrons. The average molecular weight is 443 g/mol. The minimum atomic E-state index is -0.527. The molecule has 0 N–H and O–H groups in total. The molecule has 0 saturated carbocycles. The van der Waals surface area contributed by atoms with Gasteiger partial charge in [-0.2, -0.15) is 0 Å². The third-order valence-corrected chi connectivity index (χ3v) is 6.94. The van der Waals surface area contributed by atoms with Crippen LogP contribution in [0.2, 0.25) is 5.02 Å². The van der Waals surface area contributed by atoms with Crippen molar-refractivity contribution in [2.45, 2.75) is 23.9 Å².